The lowest BCUT2D eigenvalue weighted by molar-refractivity contribution is -0.167. The number of benzene rings is 1. The molecule has 1 heterocycles. The van der Waals surface area contributed by atoms with E-state index in [4.69, 9.17) is 14.2 Å². The molecular formula is C38H57N5O10. The van der Waals surface area contributed by atoms with Crippen LogP contribution in [0.15, 0.2) is 30.3 Å². The molecule has 1 saturated carbocycles. The smallest absolute Gasteiger partial charge is 0.407 e. The summed E-state index contributed by atoms with van der Waals surface area (Å²) in [4.78, 5) is 94.7. The Labute approximate surface area is 312 Å². The molecule has 15 nitrogen and oxygen atoms in total. The molecule has 0 bridgehead atoms. The van der Waals surface area contributed by atoms with E-state index in [1.165, 1.54) is 4.90 Å². The fourth-order valence-corrected chi connectivity index (χ4v) is 6.57. The minimum atomic E-state index is -1.28. The van der Waals surface area contributed by atoms with Crippen molar-refractivity contribution in [3.05, 3.63) is 35.9 Å². The number of nitrogens with zero attached hydrogens (tertiary/aromatic N) is 1. The molecule has 53 heavy (non-hydrogen) atoms. The number of hydrogen-bond donors (Lipinski definition) is 4. The highest BCUT2D eigenvalue weighted by molar-refractivity contribution is 6.38. The second-order valence-electron chi connectivity index (χ2n) is 15.9. The summed E-state index contributed by atoms with van der Waals surface area (Å²) in [5.74, 6) is -7.33. The Balaban J connectivity index is 1.77. The normalized spacial score (nSPS) is 22.1. The molecular weight excluding hydrogens is 686 g/mol. The van der Waals surface area contributed by atoms with E-state index in [2.05, 4.69) is 21.3 Å². The molecule has 4 unspecified atom stereocenters. The van der Waals surface area contributed by atoms with Crippen LogP contribution in [0, 0.1) is 23.2 Å². The third-order valence-electron chi connectivity index (χ3n) is 9.09. The van der Waals surface area contributed by atoms with Crippen molar-refractivity contribution in [1.29, 1.82) is 0 Å². The number of ketones is 2. The quantitative estimate of drug-likeness (QED) is 0.183. The van der Waals surface area contributed by atoms with E-state index in [9.17, 15) is 33.6 Å². The molecule has 294 valence electrons. The Kier molecular flexibility index (Phi) is 14.7. The monoisotopic (exact) mass is 743 g/mol. The van der Waals surface area contributed by atoms with Crippen molar-refractivity contribution in [2.75, 3.05) is 27.2 Å². The van der Waals surface area contributed by atoms with E-state index >= 15 is 0 Å². The van der Waals surface area contributed by atoms with Gasteiger partial charge in [0.15, 0.2) is 11.6 Å². The molecule has 1 aliphatic heterocycles. The van der Waals surface area contributed by atoms with E-state index in [0.29, 0.717) is 12.0 Å². The Morgan fingerprint density at radius 3 is 2.17 bits per heavy atom. The summed E-state index contributed by atoms with van der Waals surface area (Å²) >= 11 is 0. The first-order valence-electron chi connectivity index (χ1n) is 18.2. The SMILES string of the molecule is CCCC(NC(=O)C1C(C(=O)[C@@H](NC(=O)OCC(C)C)C(C)(C)C)C[C@@H]2OC(C)(C)O[C@H]12)C(=O)C(=O)NCC(=O)NC(C(=O)N(C)C)c1ccccc1. The number of fused-ring (bicyclic) bond motifs is 1. The van der Waals surface area contributed by atoms with Crippen LogP contribution in [-0.4, -0.2) is 104 Å². The fourth-order valence-electron chi connectivity index (χ4n) is 6.57. The average molecular weight is 744 g/mol. The standard InChI is InChI=1S/C38H57N5O10/c1-11-15-24(30(46)34(48)39-19-26(44)41-28(35(49)43(9)10)22-16-13-12-14-17-22)40-33(47)27-23(18-25-31(27)53-38(7,8)52-25)29(45)32(37(4,5)6)42-36(50)51-20-21(2)3/h12-14,16-17,21,23-25,27-28,31-32H,11,15,18-20H2,1-10H3,(H,39,48)(H,40,47)(H,41,44)(H,42,50)/t23?,24?,25-,27?,28?,31-,32+/m0/s1. The van der Waals surface area contributed by atoms with E-state index in [1.807, 2.05) is 13.8 Å². The third kappa shape index (κ3) is 11.6. The van der Waals surface area contributed by atoms with Crippen LogP contribution in [0.1, 0.15) is 86.3 Å². The fraction of sp³-hybridized carbons (Fsp3) is 0.658. The topological polar surface area (TPSA) is 199 Å². The molecule has 3 rings (SSSR count). The Bertz CT molecular complexity index is 1510. The van der Waals surface area contributed by atoms with E-state index < -0.39 is 95.3 Å². The van der Waals surface area contributed by atoms with Crippen LogP contribution >= 0.6 is 0 Å². The molecule has 2 aliphatic rings. The highest BCUT2D eigenvalue weighted by atomic mass is 16.8. The molecule has 1 aromatic carbocycles. The minimum Gasteiger partial charge on any atom is -0.449 e. The second-order valence-corrected chi connectivity index (χ2v) is 15.9. The van der Waals surface area contributed by atoms with Gasteiger partial charge >= 0.3 is 6.09 Å². The molecule has 1 aromatic rings. The number of hydrogen-bond acceptors (Lipinski definition) is 10. The van der Waals surface area contributed by atoms with Crippen molar-refractivity contribution >= 4 is 41.3 Å². The van der Waals surface area contributed by atoms with E-state index in [-0.39, 0.29) is 31.3 Å². The predicted octanol–water partition coefficient (Wildman–Crippen LogP) is 2.42. The van der Waals surface area contributed by atoms with Gasteiger partial charge in [0.1, 0.15) is 6.04 Å². The van der Waals surface area contributed by atoms with Gasteiger partial charge in [-0.1, -0.05) is 78.3 Å². The van der Waals surface area contributed by atoms with E-state index in [0.717, 1.165) is 0 Å². The van der Waals surface area contributed by atoms with Gasteiger partial charge in [-0.3, -0.25) is 28.8 Å². The zero-order valence-corrected chi connectivity index (χ0v) is 32.6. The Hall–Kier alpha value is -4.37. The summed E-state index contributed by atoms with van der Waals surface area (Å²) in [5, 5.41) is 10.3. The third-order valence-corrected chi connectivity index (χ3v) is 9.09. The van der Waals surface area contributed by atoms with Gasteiger partial charge in [-0.05, 0) is 43.6 Å². The number of ether oxygens (including phenoxy) is 3. The lowest BCUT2D eigenvalue weighted by Gasteiger charge is -2.34. The first-order chi connectivity index (χ1) is 24.7. The van der Waals surface area contributed by atoms with Crippen molar-refractivity contribution in [3.8, 4) is 0 Å². The maximum atomic E-state index is 14.3. The number of Topliss-reactive ketones (excluding diaryl/α,β-unsaturated/α-hetero) is 2. The number of likely N-dealkylation sites (N-methyl/N-ethyl adjacent to an activating group) is 1. The van der Waals surface area contributed by atoms with Crippen molar-refractivity contribution < 1.29 is 47.8 Å². The van der Waals surface area contributed by atoms with Crippen molar-refractivity contribution in [2.24, 2.45) is 23.2 Å². The van der Waals surface area contributed by atoms with E-state index in [1.54, 1.807) is 86.0 Å². The zero-order chi connectivity index (χ0) is 39.8. The summed E-state index contributed by atoms with van der Waals surface area (Å²) < 4.78 is 17.5. The van der Waals surface area contributed by atoms with Crippen molar-refractivity contribution in [2.45, 2.75) is 111 Å². The first kappa shape index (κ1) is 43.0. The van der Waals surface area contributed by atoms with Crippen LogP contribution in [-0.2, 0) is 43.0 Å². The van der Waals surface area contributed by atoms with Crippen molar-refractivity contribution in [1.82, 2.24) is 26.2 Å². The predicted molar refractivity (Wildman–Crippen MR) is 194 cm³/mol. The molecule has 2 fully saturated rings. The van der Waals surface area contributed by atoms with Crippen LogP contribution < -0.4 is 21.3 Å². The van der Waals surface area contributed by atoms with Crippen molar-refractivity contribution in [3.63, 3.8) is 0 Å². The molecule has 15 heteroatoms. The van der Waals surface area contributed by atoms with Gasteiger partial charge in [-0.2, -0.15) is 0 Å². The number of carbonyl (C=O) groups is 7. The number of rotatable bonds is 16. The number of carbonyl (C=O) groups excluding carboxylic acids is 7. The molecule has 4 N–H and O–H groups in total. The van der Waals surface area contributed by atoms with Gasteiger partial charge in [0.25, 0.3) is 5.91 Å². The maximum Gasteiger partial charge on any atom is 0.407 e. The van der Waals surface area contributed by atoms with Crippen LogP contribution in [0.25, 0.3) is 0 Å². The van der Waals surface area contributed by atoms with Gasteiger partial charge in [0.2, 0.25) is 23.5 Å². The lowest BCUT2D eigenvalue weighted by Crippen LogP contribution is -2.55. The zero-order valence-electron chi connectivity index (χ0n) is 32.6. The lowest BCUT2D eigenvalue weighted by atomic mass is 9.77. The molecule has 7 atom stereocenters. The average Bonchev–Trinajstić information content (AvgIpc) is 3.57. The van der Waals surface area contributed by atoms with Gasteiger partial charge in [-0.25, -0.2) is 4.79 Å². The van der Waals surface area contributed by atoms with Crippen LogP contribution in [0.5, 0.6) is 0 Å². The molecule has 0 aromatic heterocycles. The summed E-state index contributed by atoms with van der Waals surface area (Å²) in [7, 11) is 3.10. The first-order valence-corrected chi connectivity index (χ1v) is 18.2. The highest BCUT2D eigenvalue weighted by Crippen LogP contribution is 2.46. The molecule has 0 radical (unpaired) electrons. The van der Waals surface area contributed by atoms with Crippen LogP contribution in [0.2, 0.25) is 0 Å². The second kappa shape index (κ2) is 18.1. The number of alkyl carbamates (subject to hydrolysis) is 1. The van der Waals surface area contributed by atoms with Gasteiger partial charge in [-0.15, -0.1) is 0 Å². The summed E-state index contributed by atoms with van der Waals surface area (Å²) in [6.45, 7) is 13.9. The largest absolute Gasteiger partial charge is 0.449 e. The summed E-state index contributed by atoms with van der Waals surface area (Å²) in [6.07, 6.45) is -1.59. The Morgan fingerprint density at radius 1 is 0.962 bits per heavy atom. The number of nitrogens with one attached hydrogen (secondary N) is 4. The minimum absolute atomic E-state index is 0.0771. The molecule has 1 saturated heterocycles. The van der Waals surface area contributed by atoms with Gasteiger partial charge in [0.05, 0.1) is 43.4 Å². The molecule has 0 spiro atoms. The summed E-state index contributed by atoms with van der Waals surface area (Å²) in [5.41, 5.74) is -0.228. The van der Waals surface area contributed by atoms with Gasteiger partial charge in [0, 0.05) is 20.0 Å². The Morgan fingerprint density at radius 2 is 1.60 bits per heavy atom. The highest BCUT2D eigenvalue weighted by Gasteiger charge is 2.59. The van der Waals surface area contributed by atoms with Gasteiger partial charge < -0.3 is 40.4 Å². The number of amides is 5. The maximum absolute atomic E-state index is 14.3. The van der Waals surface area contributed by atoms with Crippen LogP contribution in [0.3, 0.4) is 0 Å². The molecule has 5 amide bonds. The summed E-state index contributed by atoms with van der Waals surface area (Å²) in [6, 6.07) is 5.25. The van der Waals surface area contributed by atoms with Crippen LogP contribution in [0.4, 0.5) is 4.79 Å². The molecule has 1 aliphatic carbocycles.